The van der Waals surface area contributed by atoms with Crippen molar-refractivity contribution in [2.75, 3.05) is 19.0 Å². The molecule has 3 N–H and O–H groups in total. The van der Waals surface area contributed by atoms with E-state index in [4.69, 9.17) is 38.4 Å². The topological polar surface area (TPSA) is 96.9 Å². The number of amides is 1. The molecule has 0 unspecified atom stereocenters. The van der Waals surface area contributed by atoms with Crippen molar-refractivity contribution in [1.82, 2.24) is 5.32 Å². The van der Waals surface area contributed by atoms with Gasteiger partial charge in [-0.15, -0.1) is 0 Å². The second-order valence-electron chi connectivity index (χ2n) is 5.21. The van der Waals surface area contributed by atoms with E-state index < -0.39 is 11.9 Å². The van der Waals surface area contributed by atoms with Gasteiger partial charge in [-0.1, -0.05) is 11.6 Å². The molecule has 0 aliphatic carbocycles. The van der Waals surface area contributed by atoms with E-state index in [9.17, 15) is 9.59 Å². The number of hydrogen-bond donors (Lipinski definition) is 3. The molecule has 0 bridgehead atoms. The molecule has 1 amide bonds. The number of carbonyl (C=O) groups excluding carboxylic acids is 1. The zero-order valence-corrected chi connectivity index (χ0v) is 16.1. The molecular formula is C18H17ClN2O5S. The molecule has 9 heteroatoms. The summed E-state index contributed by atoms with van der Waals surface area (Å²) in [5.41, 5.74) is 0.650. The molecule has 0 aliphatic rings. The number of aromatic carboxylic acids is 1. The van der Waals surface area contributed by atoms with E-state index in [1.54, 1.807) is 12.1 Å². The molecule has 2 aromatic carbocycles. The minimum absolute atomic E-state index is 0.0224. The summed E-state index contributed by atoms with van der Waals surface area (Å²) in [7, 11) is 1.44. The van der Waals surface area contributed by atoms with E-state index >= 15 is 0 Å². The van der Waals surface area contributed by atoms with Crippen LogP contribution in [0.25, 0.3) is 0 Å². The van der Waals surface area contributed by atoms with E-state index in [0.717, 1.165) is 0 Å². The Morgan fingerprint density at radius 1 is 1.15 bits per heavy atom. The largest absolute Gasteiger partial charge is 0.495 e. The number of thiocarbonyl (C=S) groups is 1. The second-order valence-corrected chi connectivity index (χ2v) is 6.02. The van der Waals surface area contributed by atoms with Crippen LogP contribution in [0.2, 0.25) is 5.02 Å². The summed E-state index contributed by atoms with van der Waals surface area (Å²) in [6, 6.07) is 8.86. The van der Waals surface area contributed by atoms with Gasteiger partial charge < -0.3 is 19.9 Å². The molecule has 0 spiro atoms. The summed E-state index contributed by atoms with van der Waals surface area (Å²) in [4.78, 5) is 23.4. The van der Waals surface area contributed by atoms with Crippen LogP contribution in [-0.4, -0.2) is 35.8 Å². The predicted octanol–water partition coefficient (Wildman–Crippen LogP) is 3.57. The molecule has 0 fully saturated rings. The fourth-order valence-corrected chi connectivity index (χ4v) is 2.62. The molecule has 2 aromatic rings. The lowest BCUT2D eigenvalue weighted by Gasteiger charge is -2.14. The lowest BCUT2D eigenvalue weighted by Crippen LogP contribution is -2.34. The van der Waals surface area contributed by atoms with E-state index in [2.05, 4.69) is 10.6 Å². The van der Waals surface area contributed by atoms with Crippen molar-refractivity contribution in [2.24, 2.45) is 0 Å². The number of nitrogens with one attached hydrogen (secondary N) is 2. The summed E-state index contributed by atoms with van der Waals surface area (Å²) < 4.78 is 10.5. The Kier molecular flexibility index (Phi) is 6.98. The van der Waals surface area contributed by atoms with Crippen LogP contribution in [0.3, 0.4) is 0 Å². The number of carboxylic acids is 1. The van der Waals surface area contributed by atoms with Crippen molar-refractivity contribution < 1.29 is 24.2 Å². The lowest BCUT2D eigenvalue weighted by atomic mass is 10.2. The van der Waals surface area contributed by atoms with Crippen molar-refractivity contribution in [2.45, 2.75) is 6.92 Å². The predicted molar refractivity (Wildman–Crippen MR) is 106 cm³/mol. The zero-order chi connectivity index (χ0) is 20.0. The minimum atomic E-state index is -1.10. The third-order valence-electron chi connectivity index (χ3n) is 3.42. The number of ether oxygens (including phenoxy) is 2. The first-order chi connectivity index (χ1) is 12.8. The number of rotatable bonds is 6. The Morgan fingerprint density at radius 3 is 2.41 bits per heavy atom. The Hall–Kier alpha value is -2.84. The molecule has 0 radical (unpaired) electrons. The Bertz CT molecular complexity index is 888. The average molecular weight is 409 g/mol. The summed E-state index contributed by atoms with van der Waals surface area (Å²) in [6.07, 6.45) is 0. The van der Waals surface area contributed by atoms with Crippen LogP contribution in [0.4, 0.5) is 5.69 Å². The van der Waals surface area contributed by atoms with Crippen molar-refractivity contribution in [1.29, 1.82) is 0 Å². The van der Waals surface area contributed by atoms with Gasteiger partial charge in [0.2, 0.25) is 0 Å². The fourth-order valence-electron chi connectivity index (χ4n) is 2.18. The first-order valence-corrected chi connectivity index (χ1v) is 8.60. The molecule has 142 valence electrons. The van der Waals surface area contributed by atoms with E-state index in [-0.39, 0.29) is 10.7 Å². The number of benzene rings is 2. The fraction of sp³-hybridized carbons (Fsp3) is 0.167. The standard InChI is InChI=1S/C18H17ClN2O5S/c1-3-26-14-6-4-10(8-12(14)19)16(22)21-18(27)20-13-9-11(17(23)24)5-7-15(13)25-2/h4-9H,3H2,1-2H3,(H,23,24)(H2,20,21,22,27). The van der Waals surface area contributed by atoms with Gasteiger partial charge in [-0.3, -0.25) is 10.1 Å². The van der Waals surface area contributed by atoms with Crippen LogP contribution >= 0.6 is 23.8 Å². The summed E-state index contributed by atoms with van der Waals surface area (Å²) in [5, 5.41) is 14.6. The number of hydrogen-bond acceptors (Lipinski definition) is 5. The molecule has 0 aromatic heterocycles. The number of methoxy groups -OCH3 is 1. The quantitative estimate of drug-likeness (QED) is 0.628. The second kappa shape index (κ2) is 9.20. The molecule has 27 heavy (non-hydrogen) atoms. The molecule has 0 aliphatic heterocycles. The Balaban J connectivity index is 2.11. The number of anilines is 1. The van der Waals surface area contributed by atoms with Gasteiger partial charge in [0.1, 0.15) is 11.5 Å². The van der Waals surface area contributed by atoms with E-state index in [1.807, 2.05) is 6.92 Å². The van der Waals surface area contributed by atoms with Gasteiger partial charge in [-0.25, -0.2) is 4.79 Å². The summed E-state index contributed by atoms with van der Waals surface area (Å²) in [6.45, 7) is 2.28. The Morgan fingerprint density at radius 2 is 1.81 bits per heavy atom. The molecule has 2 rings (SSSR count). The first-order valence-electron chi connectivity index (χ1n) is 7.81. The molecule has 0 saturated carbocycles. The van der Waals surface area contributed by atoms with Gasteiger partial charge in [0, 0.05) is 5.56 Å². The maximum atomic E-state index is 12.3. The van der Waals surface area contributed by atoms with Gasteiger partial charge in [-0.05, 0) is 55.5 Å². The van der Waals surface area contributed by atoms with Crippen molar-refractivity contribution >= 4 is 46.5 Å². The van der Waals surface area contributed by atoms with Crippen LogP contribution in [0, 0.1) is 0 Å². The van der Waals surface area contributed by atoms with Crippen LogP contribution < -0.4 is 20.1 Å². The third-order valence-corrected chi connectivity index (χ3v) is 3.92. The summed E-state index contributed by atoms with van der Waals surface area (Å²) >= 11 is 11.2. The van der Waals surface area contributed by atoms with Crippen LogP contribution in [-0.2, 0) is 0 Å². The Labute approximate surface area is 166 Å². The normalized spacial score (nSPS) is 10.0. The van der Waals surface area contributed by atoms with Gasteiger partial charge in [0.25, 0.3) is 5.91 Å². The van der Waals surface area contributed by atoms with Crippen molar-refractivity contribution in [3.63, 3.8) is 0 Å². The zero-order valence-electron chi connectivity index (χ0n) is 14.5. The van der Waals surface area contributed by atoms with Gasteiger partial charge in [-0.2, -0.15) is 0 Å². The highest BCUT2D eigenvalue weighted by Gasteiger charge is 2.14. The third kappa shape index (κ3) is 5.32. The molecular weight excluding hydrogens is 392 g/mol. The highest BCUT2D eigenvalue weighted by molar-refractivity contribution is 7.80. The van der Waals surface area contributed by atoms with Crippen LogP contribution in [0.15, 0.2) is 36.4 Å². The smallest absolute Gasteiger partial charge is 0.335 e. The minimum Gasteiger partial charge on any atom is -0.495 e. The average Bonchev–Trinajstić information content (AvgIpc) is 2.63. The highest BCUT2D eigenvalue weighted by atomic mass is 35.5. The SMILES string of the molecule is CCOc1ccc(C(=O)NC(=S)Nc2cc(C(=O)O)ccc2OC)cc1Cl. The van der Waals surface area contributed by atoms with Gasteiger partial charge in [0.05, 0.1) is 30.0 Å². The van der Waals surface area contributed by atoms with E-state index in [1.165, 1.54) is 31.4 Å². The molecule has 0 atom stereocenters. The maximum Gasteiger partial charge on any atom is 0.335 e. The monoisotopic (exact) mass is 408 g/mol. The molecule has 0 saturated heterocycles. The number of carboxylic acid groups (broad SMARTS) is 1. The van der Waals surface area contributed by atoms with Crippen molar-refractivity contribution in [3.8, 4) is 11.5 Å². The van der Waals surface area contributed by atoms with Crippen LogP contribution in [0.5, 0.6) is 11.5 Å². The maximum absolute atomic E-state index is 12.3. The number of halogens is 1. The molecule has 0 heterocycles. The first kappa shape index (κ1) is 20.5. The van der Waals surface area contributed by atoms with Gasteiger partial charge >= 0.3 is 5.97 Å². The van der Waals surface area contributed by atoms with Gasteiger partial charge in [0.15, 0.2) is 5.11 Å². The summed E-state index contributed by atoms with van der Waals surface area (Å²) in [5.74, 6) is -0.724. The van der Waals surface area contributed by atoms with Crippen molar-refractivity contribution in [3.05, 3.63) is 52.5 Å². The number of carbonyl (C=O) groups is 2. The van der Waals surface area contributed by atoms with E-state index in [0.29, 0.717) is 34.4 Å². The molecule has 7 nitrogen and oxygen atoms in total. The van der Waals surface area contributed by atoms with Crippen LogP contribution in [0.1, 0.15) is 27.6 Å². The lowest BCUT2D eigenvalue weighted by molar-refractivity contribution is 0.0696. The highest BCUT2D eigenvalue weighted by Crippen LogP contribution is 2.26.